The normalized spacial score (nSPS) is 17.2. The fourth-order valence-corrected chi connectivity index (χ4v) is 2.25. The van der Waals surface area contributed by atoms with Crippen LogP contribution in [0.1, 0.15) is 24.6 Å². The maximum atomic E-state index is 12.0. The first kappa shape index (κ1) is 15.6. The second-order valence-electron chi connectivity index (χ2n) is 4.90. The van der Waals surface area contributed by atoms with Gasteiger partial charge in [0.05, 0.1) is 18.3 Å². The minimum atomic E-state index is -4.34. The number of piperidine rings is 1. The number of hydrogen-bond donors (Lipinski definition) is 1. The number of rotatable bonds is 4. The summed E-state index contributed by atoms with van der Waals surface area (Å²) in [6.07, 6.45) is -2.32. The molecule has 1 N–H and O–H groups in total. The van der Waals surface area contributed by atoms with E-state index >= 15 is 0 Å². The summed E-state index contributed by atoms with van der Waals surface area (Å²) in [7, 11) is 0. The van der Waals surface area contributed by atoms with Crippen LogP contribution in [0.3, 0.4) is 0 Å². The molecule has 1 aliphatic rings. The molecule has 0 radical (unpaired) electrons. The summed E-state index contributed by atoms with van der Waals surface area (Å²) in [4.78, 5) is 12.1. The van der Waals surface area contributed by atoms with E-state index in [-0.39, 0.29) is 12.6 Å². The minimum Gasteiger partial charge on any atom is -0.465 e. The van der Waals surface area contributed by atoms with Gasteiger partial charge in [-0.15, -0.1) is 0 Å². The monoisotopic (exact) mass is 307 g/mol. The predicted octanol–water partition coefficient (Wildman–Crippen LogP) is 2.28. The van der Waals surface area contributed by atoms with Crippen LogP contribution in [0, 0.1) is 0 Å². The van der Waals surface area contributed by atoms with Gasteiger partial charge in [-0.2, -0.15) is 18.3 Å². The molecule has 1 aliphatic heterocycles. The Morgan fingerprint density at radius 3 is 2.67 bits per heavy atom. The van der Waals surface area contributed by atoms with E-state index in [4.69, 9.17) is 5.11 Å². The van der Waals surface area contributed by atoms with Gasteiger partial charge in [0.2, 0.25) is 0 Å². The largest absolute Gasteiger partial charge is 0.465 e. The molecule has 118 valence electrons. The molecule has 0 atom stereocenters. The first-order valence-electron chi connectivity index (χ1n) is 6.51. The maximum Gasteiger partial charge on any atom is 0.411 e. The lowest BCUT2D eigenvalue weighted by Gasteiger charge is -2.30. The Kier molecular flexibility index (Phi) is 4.71. The minimum absolute atomic E-state index is 0.0666. The zero-order valence-electron chi connectivity index (χ0n) is 11.2. The lowest BCUT2D eigenvalue weighted by molar-refractivity contribution is -0.176. The van der Waals surface area contributed by atoms with Crippen LogP contribution in [-0.4, -0.2) is 51.8 Å². The summed E-state index contributed by atoms with van der Waals surface area (Å²) < 4.78 is 42.1. The molecule has 0 saturated carbocycles. The summed E-state index contributed by atoms with van der Waals surface area (Å²) in [6, 6.07) is 1.68. The third kappa shape index (κ3) is 4.62. The van der Waals surface area contributed by atoms with Crippen LogP contribution in [0.2, 0.25) is 0 Å². The quantitative estimate of drug-likeness (QED) is 0.926. The molecule has 21 heavy (non-hydrogen) atoms. The van der Waals surface area contributed by atoms with Crippen molar-refractivity contribution in [1.82, 2.24) is 14.7 Å². The zero-order chi connectivity index (χ0) is 15.5. The molecule has 1 fully saturated rings. The van der Waals surface area contributed by atoms with Crippen LogP contribution in [-0.2, 0) is 11.3 Å². The first-order chi connectivity index (χ1) is 9.85. The summed E-state index contributed by atoms with van der Waals surface area (Å²) in [5.74, 6) is 0. The van der Waals surface area contributed by atoms with E-state index in [9.17, 15) is 18.0 Å². The van der Waals surface area contributed by atoms with E-state index in [0.29, 0.717) is 31.6 Å². The average molecular weight is 307 g/mol. The smallest absolute Gasteiger partial charge is 0.411 e. The number of halogens is 3. The Morgan fingerprint density at radius 2 is 2.10 bits per heavy atom. The molecule has 0 bridgehead atoms. The second-order valence-corrected chi connectivity index (χ2v) is 4.90. The van der Waals surface area contributed by atoms with Gasteiger partial charge in [0.1, 0.15) is 6.61 Å². The van der Waals surface area contributed by atoms with Crippen molar-refractivity contribution in [3.63, 3.8) is 0 Å². The fourth-order valence-electron chi connectivity index (χ4n) is 2.25. The predicted molar refractivity (Wildman–Crippen MR) is 65.8 cm³/mol. The van der Waals surface area contributed by atoms with Crippen molar-refractivity contribution in [3.05, 3.63) is 18.0 Å². The first-order valence-corrected chi connectivity index (χ1v) is 6.51. The Bertz CT molecular complexity index is 482. The topological polar surface area (TPSA) is 67.6 Å². The van der Waals surface area contributed by atoms with Crippen LogP contribution >= 0.6 is 0 Å². The summed E-state index contributed by atoms with van der Waals surface area (Å²) >= 11 is 0. The number of carbonyl (C=O) groups is 1. The molecule has 0 spiro atoms. The Hall–Kier alpha value is -1.77. The van der Waals surface area contributed by atoms with Gasteiger partial charge >= 0.3 is 12.3 Å². The van der Waals surface area contributed by atoms with Crippen LogP contribution in [0.5, 0.6) is 0 Å². The van der Waals surface area contributed by atoms with Crippen molar-refractivity contribution in [2.45, 2.75) is 31.7 Å². The summed E-state index contributed by atoms with van der Waals surface area (Å²) in [5, 5.41) is 13.0. The fraction of sp³-hybridized carbons (Fsp3) is 0.667. The van der Waals surface area contributed by atoms with Crippen LogP contribution in [0.4, 0.5) is 18.0 Å². The Balaban J connectivity index is 1.82. The van der Waals surface area contributed by atoms with Gasteiger partial charge in [-0.05, 0) is 18.9 Å². The molecule has 1 amide bonds. The van der Waals surface area contributed by atoms with Gasteiger partial charge in [0, 0.05) is 19.3 Å². The van der Waals surface area contributed by atoms with E-state index in [1.54, 1.807) is 16.9 Å². The lowest BCUT2D eigenvalue weighted by Crippen LogP contribution is -2.38. The third-order valence-corrected chi connectivity index (χ3v) is 3.29. The van der Waals surface area contributed by atoms with Crippen molar-refractivity contribution in [2.75, 3.05) is 19.7 Å². The van der Waals surface area contributed by atoms with Gasteiger partial charge in [0.15, 0.2) is 0 Å². The number of amides is 1. The summed E-state index contributed by atoms with van der Waals surface area (Å²) in [5.41, 5.74) is 0.430. The molecule has 1 aromatic rings. The van der Waals surface area contributed by atoms with E-state index in [2.05, 4.69) is 9.84 Å². The highest BCUT2D eigenvalue weighted by Gasteiger charge is 2.27. The Labute approximate surface area is 119 Å². The highest BCUT2D eigenvalue weighted by Crippen LogP contribution is 2.22. The van der Waals surface area contributed by atoms with E-state index in [0.717, 1.165) is 0 Å². The van der Waals surface area contributed by atoms with Crippen molar-refractivity contribution in [1.29, 1.82) is 0 Å². The van der Waals surface area contributed by atoms with Crippen LogP contribution in [0.15, 0.2) is 12.3 Å². The molecule has 0 aromatic carbocycles. The molecule has 6 nitrogen and oxygen atoms in total. The lowest BCUT2D eigenvalue weighted by atomic mass is 10.1. The Morgan fingerprint density at radius 1 is 1.43 bits per heavy atom. The molecule has 1 aromatic heterocycles. The number of nitrogens with zero attached hydrogens (tertiary/aromatic N) is 3. The van der Waals surface area contributed by atoms with Crippen LogP contribution in [0.25, 0.3) is 0 Å². The molecular formula is C12H16F3N3O3. The highest BCUT2D eigenvalue weighted by atomic mass is 19.4. The van der Waals surface area contributed by atoms with Gasteiger partial charge in [-0.1, -0.05) is 0 Å². The van der Waals surface area contributed by atoms with Crippen molar-refractivity contribution < 1.29 is 27.8 Å². The van der Waals surface area contributed by atoms with Crippen LogP contribution < -0.4 is 0 Å². The SMILES string of the molecule is O=C(O)N1CCC(n2ccc(COCC(F)(F)F)n2)CC1. The van der Waals surface area contributed by atoms with Gasteiger partial charge in [0.25, 0.3) is 0 Å². The average Bonchev–Trinajstić information content (AvgIpc) is 2.86. The van der Waals surface area contributed by atoms with Gasteiger partial charge in [-0.25, -0.2) is 4.79 Å². The van der Waals surface area contributed by atoms with Gasteiger partial charge in [-0.3, -0.25) is 4.68 Å². The number of hydrogen-bond acceptors (Lipinski definition) is 3. The highest BCUT2D eigenvalue weighted by molar-refractivity contribution is 5.64. The zero-order valence-corrected chi connectivity index (χ0v) is 11.2. The summed E-state index contributed by atoms with van der Waals surface area (Å²) in [6.45, 7) is -0.628. The van der Waals surface area contributed by atoms with Gasteiger partial charge < -0.3 is 14.7 Å². The second kappa shape index (κ2) is 6.33. The van der Waals surface area contributed by atoms with E-state index < -0.39 is 18.9 Å². The molecular weight excluding hydrogens is 291 g/mol. The molecule has 0 aliphatic carbocycles. The number of carboxylic acid groups (broad SMARTS) is 1. The van der Waals surface area contributed by atoms with Crippen molar-refractivity contribution in [2.24, 2.45) is 0 Å². The van der Waals surface area contributed by atoms with E-state index in [1.807, 2.05) is 0 Å². The number of likely N-dealkylation sites (tertiary alicyclic amines) is 1. The number of alkyl halides is 3. The molecule has 9 heteroatoms. The maximum absolute atomic E-state index is 12.0. The van der Waals surface area contributed by atoms with Crippen molar-refractivity contribution in [3.8, 4) is 0 Å². The molecule has 2 rings (SSSR count). The van der Waals surface area contributed by atoms with Crippen molar-refractivity contribution >= 4 is 6.09 Å². The third-order valence-electron chi connectivity index (χ3n) is 3.29. The number of ether oxygens (including phenoxy) is 1. The molecule has 1 saturated heterocycles. The van der Waals surface area contributed by atoms with E-state index in [1.165, 1.54) is 4.90 Å². The number of aromatic nitrogens is 2. The molecule has 0 unspecified atom stereocenters. The standard InChI is InChI=1S/C12H16F3N3O3/c13-12(14,15)8-21-7-9-1-6-18(16-9)10-2-4-17(5-3-10)11(19)20/h1,6,10H,2-5,7-8H2,(H,19,20). The molecule has 2 heterocycles.